The fourth-order valence-electron chi connectivity index (χ4n) is 2.51. The van der Waals surface area contributed by atoms with Crippen molar-refractivity contribution in [3.8, 4) is 11.5 Å². The largest absolute Gasteiger partial charge is 0.497 e. The van der Waals surface area contributed by atoms with Gasteiger partial charge < -0.3 is 15.2 Å². The van der Waals surface area contributed by atoms with Gasteiger partial charge in [0.1, 0.15) is 16.5 Å². The van der Waals surface area contributed by atoms with E-state index in [-0.39, 0.29) is 0 Å². The second-order valence-corrected chi connectivity index (χ2v) is 5.48. The normalized spacial score (nSPS) is 16.1. The lowest BCUT2D eigenvalue weighted by Gasteiger charge is -2.22. The van der Waals surface area contributed by atoms with Crippen LogP contribution in [0, 0.1) is 5.92 Å². The molecule has 1 aliphatic rings. The standard InChI is InChI=1S/C15H21NO2S/c1-17-12-7-8-13(15(16)19)14(9-12)18-10-11-5-3-2-4-6-11/h7-9,11H,2-6,10H2,1H3,(H2,16,19). The highest BCUT2D eigenvalue weighted by molar-refractivity contribution is 7.80. The smallest absolute Gasteiger partial charge is 0.133 e. The molecule has 1 aromatic rings. The first kappa shape index (κ1) is 14.1. The van der Waals surface area contributed by atoms with Crippen LogP contribution in [0.15, 0.2) is 18.2 Å². The lowest BCUT2D eigenvalue weighted by atomic mass is 9.90. The lowest BCUT2D eigenvalue weighted by Crippen LogP contribution is -2.17. The van der Waals surface area contributed by atoms with E-state index < -0.39 is 0 Å². The monoisotopic (exact) mass is 279 g/mol. The van der Waals surface area contributed by atoms with Crippen molar-refractivity contribution in [2.24, 2.45) is 11.7 Å². The van der Waals surface area contributed by atoms with Crippen LogP contribution in [0.1, 0.15) is 37.7 Å². The van der Waals surface area contributed by atoms with Crippen molar-refractivity contribution >= 4 is 17.2 Å². The number of nitrogens with two attached hydrogens (primary N) is 1. The molecule has 0 atom stereocenters. The summed E-state index contributed by atoms with van der Waals surface area (Å²) in [5, 5.41) is 0. The molecule has 2 N–H and O–H groups in total. The molecule has 19 heavy (non-hydrogen) atoms. The van der Waals surface area contributed by atoms with Crippen LogP contribution in [-0.4, -0.2) is 18.7 Å². The first-order valence-corrected chi connectivity index (χ1v) is 7.22. The molecule has 0 unspecified atom stereocenters. The molecule has 0 heterocycles. The average Bonchev–Trinajstić information content (AvgIpc) is 2.45. The van der Waals surface area contributed by atoms with E-state index in [1.807, 2.05) is 18.2 Å². The van der Waals surface area contributed by atoms with E-state index in [0.29, 0.717) is 10.9 Å². The maximum Gasteiger partial charge on any atom is 0.133 e. The molecule has 0 bridgehead atoms. The predicted molar refractivity (Wildman–Crippen MR) is 81.0 cm³/mol. The Morgan fingerprint density at radius 2 is 2.05 bits per heavy atom. The summed E-state index contributed by atoms with van der Waals surface area (Å²) in [6.45, 7) is 0.739. The maximum atomic E-state index is 5.93. The summed E-state index contributed by atoms with van der Waals surface area (Å²) in [6.07, 6.45) is 6.50. The average molecular weight is 279 g/mol. The number of thiocarbonyl (C=S) groups is 1. The molecule has 3 nitrogen and oxygen atoms in total. The van der Waals surface area contributed by atoms with Crippen LogP contribution >= 0.6 is 12.2 Å². The van der Waals surface area contributed by atoms with E-state index in [0.717, 1.165) is 23.7 Å². The molecular weight excluding hydrogens is 258 g/mol. The highest BCUT2D eigenvalue weighted by atomic mass is 32.1. The topological polar surface area (TPSA) is 44.5 Å². The summed E-state index contributed by atoms with van der Waals surface area (Å²) in [6, 6.07) is 5.57. The van der Waals surface area contributed by atoms with Crippen LogP contribution in [-0.2, 0) is 0 Å². The zero-order chi connectivity index (χ0) is 13.7. The molecule has 104 valence electrons. The molecule has 0 amide bonds. The quantitative estimate of drug-likeness (QED) is 0.840. The summed E-state index contributed by atoms with van der Waals surface area (Å²) >= 11 is 5.06. The molecular formula is C15H21NO2S. The van der Waals surface area contributed by atoms with Crippen LogP contribution < -0.4 is 15.2 Å². The van der Waals surface area contributed by atoms with Crippen molar-refractivity contribution in [1.29, 1.82) is 0 Å². The Morgan fingerprint density at radius 1 is 1.32 bits per heavy atom. The van der Waals surface area contributed by atoms with Gasteiger partial charge in [0.15, 0.2) is 0 Å². The maximum absolute atomic E-state index is 5.93. The number of hydrogen-bond acceptors (Lipinski definition) is 3. The van der Waals surface area contributed by atoms with E-state index in [1.54, 1.807) is 7.11 Å². The summed E-state index contributed by atoms with van der Waals surface area (Å²) in [5.41, 5.74) is 6.51. The third-order valence-corrected chi connectivity index (χ3v) is 3.87. The number of rotatable bonds is 5. The summed E-state index contributed by atoms with van der Waals surface area (Å²) < 4.78 is 11.2. The van der Waals surface area contributed by atoms with E-state index in [1.165, 1.54) is 32.1 Å². The fourth-order valence-corrected chi connectivity index (χ4v) is 2.68. The summed E-state index contributed by atoms with van der Waals surface area (Å²) in [4.78, 5) is 0.362. The van der Waals surface area contributed by atoms with Gasteiger partial charge in [-0.15, -0.1) is 0 Å². The van der Waals surface area contributed by atoms with Crippen molar-refractivity contribution in [3.05, 3.63) is 23.8 Å². The van der Waals surface area contributed by atoms with Crippen molar-refractivity contribution in [2.45, 2.75) is 32.1 Å². The molecule has 0 spiro atoms. The molecule has 4 heteroatoms. The second kappa shape index (κ2) is 6.75. The van der Waals surface area contributed by atoms with Crippen LogP contribution in [0.2, 0.25) is 0 Å². The highest BCUT2D eigenvalue weighted by Gasteiger charge is 2.15. The summed E-state index contributed by atoms with van der Waals surface area (Å²) in [7, 11) is 1.64. The van der Waals surface area contributed by atoms with Gasteiger partial charge in [0.25, 0.3) is 0 Å². The molecule has 1 aromatic carbocycles. The van der Waals surface area contributed by atoms with Gasteiger partial charge in [-0.3, -0.25) is 0 Å². The molecule has 1 aliphatic carbocycles. The van der Waals surface area contributed by atoms with E-state index in [2.05, 4.69) is 0 Å². The molecule has 1 fully saturated rings. The van der Waals surface area contributed by atoms with Gasteiger partial charge in [-0.05, 0) is 30.9 Å². The van der Waals surface area contributed by atoms with Gasteiger partial charge in [-0.25, -0.2) is 0 Å². The summed E-state index contributed by atoms with van der Waals surface area (Å²) in [5.74, 6) is 2.15. The fraction of sp³-hybridized carbons (Fsp3) is 0.533. The molecule has 0 aromatic heterocycles. The minimum absolute atomic E-state index is 0.362. The van der Waals surface area contributed by atoms with Gasteiger partial charge in [-0.1, -0.05) is 31.5 Å². The lowest BCUT2D eigenvalue weighted by molar-refractivity contribution is 0.208. The molecule has 0 saturated heterocycles. The Labute approximate surface area is 120 Å². The third-order valence-electron chi connectivity index (χ3n) is 3.65. The molecule has 0 radical (unpaired) electrons. The van der Waals surface area contributed by atoms with Crippen LogP contribution in [0.5, 0.6) is 11.5 Å². The Hall–Kier alpha value is -1.29. The van der Waals surface area contributed by atoms with Crippen LogP contribution in [0.4, 0.5) is 0 Å². The zero-order valence-corrected chi connectivity index (χ0v) is 12.2. The predicted octanol–water partition coefficient (Wildman–Crippen LogP) is 3.29. The van der Waals surface area contributed by atoms with Gasteiger partial charge in [-0.2, -0.15) is 0 Å². The van der Waals surface area contributed by atoms with Crippen molar-refractivity contribution in [2.75, 3.05) is 13.7 Å². The van der Waals surface area contributed by atoms with E-state index >= 15 is 0 Å². The van der Waals surface area contributed by atoms with Crippen molar-refractivity contribution in [1.82, 2.24) is 0 Å². The van der Waals surface area contributed by atoms with Gasteiger partial charge in [0.2, 0.25) is 0 Å². The molecule has 1 saturated carbocycles. The Balaban J connectivity index is 2.06. The van der Waals surface area contributed by atoms with E-state index in [4.69, 9.17) is 27.4 Å². The number of methoxy groups -OCH3 is 1. The van der Waals surface area contributed by atoms with Crippen LogP contribution in [0.3, 0.4) is 0 Å². The molecule has 0 aliphatic heterocycles. The van der Waals surface area contributed by atoms with Gasteiger partial charge in [0.05, 0.1) is 19.3 Å². The van der Waals surface area contributed by atoms with Gasteiger partial charge in [0, 0.05) is 6.07 Å². The first-order chi connectivity index (χ1) is 9.20. The van der Waals surface area contributed by atoms with Crippen LogP contribution in [0.25, 0.3) is 0 Å². The minimum Gasteiger partial charge on any atom is -0.497 e. The molecule has 2 rings (SSSR count). The SMILES string of the molecule is COc1ccc(C(N)=S)c(OCC2CCCCC2)c1. The number of ether oxygens (including phenoxy) is 2. The Bertz CT molecular complexity index is 442. The minimum atomic E-state index is 0.362. The van der Waals surface area contributed by atoms with E-state index in [9.17, 15) is 0 Å². The number of benzene rings is 1. The second-order valence-electron chi connectivity index (χ2n) is 5.04. The van der Waals surface area contributed by atoms with Crippen molar-refractivity contribution in [3.63, 3.8) is 0 Å². The Kier molecular flexibility index (Phi) is 5.02. The third kappa shape index (κ3) is 3.83. The zero-order valence-electron chi connectivity index (χ0n) is 11.4. The Morgan fingerprint density at radius 3 is 2.68 bits per heavy atom. The van der Waals surface area contributed by atoms with Gasteiger partial charge >= 0.3 is 0 Å². The first-order valence-electron chi connectivity index (χ1n) is 6.81. The highest BCUT2D eigenvalue weighted by Crippen LogP contribution is 2.28. The van der Waals surface area contributed by atoms with Crippen molar-refractivity contribution < 1.29 is 9.47 Å². The number of hydrogen-bond donors (Lipinski definition) is 1.